The zero-order valence-electron chi connectivity index (χ0n) is 9.30. The molecule has 1 heterocycles. The van der Waals surface area contributed by atoms with Gasteiger partial charge >= 0.3 is 0 Å². The van der Waals surface area contributed by atoms with Gasteiger partial charge in [-0.1, -0.05) is 17.3 Å². The number of carbonyl (C=O) groups excluding carboxylic acids is 1. The maximum absolute atomic E-state index is 11.2. The second-order valence-electron chi connectivity index (χ2n) is 3.51. The summed E-state index contributed by atoms with van der Waals surface area (Å²) in [5.41, 5.74) is 7.27. The molecule has 0 radical (unpaired) electrons. The number of nitrogens with two attached hydrogens (primary N) is 1. The number of aromatic nitrogens is 2. The molecule has 0 aliphatic heterocycles. The highest BCUT2D eigenvalue weighted by atomic mass is 16.5. The monoisotopic (exact) mass is 232 g/mol. The molecular weight excluding hydrogens is 220 g/mol. The highest BCUT2D eigenvalue weighted by molar-refractivity contribution is 5.89. The number of amides is 1. The van der Waals surface area contributed by atoms with Crippen LogP contribution in [-0.4, -0.2) is 23.1 Å². The third-order valence-electron chi connectivity index (χ3n) is 2.23. The number of rotatable bonds is 3. The average molecular weight is 232 g/mol. The van der Waals surface area contributed by atoms with Gasteiger partial charge in [-0.25, -0.2) is 0 Å². The largest absolute Gasteiger partial charge is 0.399 e. The van der Waals surface area contributed by atoms with Crippen molar-refractivity contribution in [2.24, 2.45) is 0 Å². The number of nitrogen functional groups attached to an aromatic ring is 1. The van der Waals surface area contributed by atoms with Gasteiger partial charge in [-0.2, -0.15) is 4.98 Å². The quantitative estimate of drug-likeness (QED) is 0.756. The van der Waals surface area contributed by atoms with Gasteiger partial charge in [0.15, 0.2) is 0 Å². The van der Waals surface area contributed by atoms with E-state index in [9.17, 15) is 4.79 Å². The first kappa shape index (κ1) is 11.1. The fourth-order valence-electron chi connectivity index (χ4n) is 1.34. The zero-order valence-corrected chi connectivity index (χ0v) is 9.30. The van der Waals surface area contributed by atoms with E-state index >= 15 is 0 Å². The van der Waals surface area contributed by atoms with Gasteiger partial charge in [-0.15, -0.1) is 0 Å². The minimum atomic E-state index is -0.364. The van der Waals surface area contributed by atoms with Crippen LogP contribution in [0.4, 0.5) is 5.69 Å². The Morgan fingerprint density at radius 1 is 1.41 bits per heavy atom. The normalized spacial score (nSPS) is 10.2. The fourth-order valence-corrected chi connectivity index (χ4v) is 1.34. The molecule has 1 aromatic heterocycles. The second-order valence-corrected chi connectivity index (χ2v) is 3.51. The molecule has 88 valence electrons. The Bertz CT molecular complexity index is 519. The smallest absolute Gasteiger partial charge is 0.292 e. The Kier molecular flexibility index (Phi) is 3.04. The highest BCUT2D eigenvalue weighted by Crippen LogP contribution is 2.10. The average Bonchev–Trinajstić information content (AvgIpc) is 2.80. The predicted molar refractivity (Wildman–Crippen MR) is 61.3 cm³/mol. The van der Waals surface area contributed by atoms with Crippen LogP contribution >= 0.6 is 0 Å². The summed E-state index contributed by atoms with van der Waals surface area (Å²) in [6.07, 6.45) is 0.476. The van der Waals surface area contributed by atoms with Crippen molar-refractivity contribution in [2.45, 2.75) is 6.42 Å². The molecule has 0 aliphatic rings. The Balaban J connectivity index is 2.11. The van der Waals surface area contributed by atoms with E-state index in [2.05, 4.69) is 15.5 Å². The number of nitrogens with zero attached hydrogens (tertiary/aromatic N) is 2. The van der Waals surface area contributed by atoms with Crippen LogP contribution in [0.25, 0.3) is 0 Å². The molecule has 2 aromatic rings. The summed E-state index contributed by atoms with van der Waals surface area (Å²) in [7, 11) is 1.51. The minimum Gasteiger partial charge on any atom is -0.399 e. The Morgan fingerprint density at radius 3 is 2.76 bits per heavy atom. The van der Waals surface area contributed by atoms with E-state index in [0.717, 1.165) is 5.56 Å². The molecule has 17 heavy (non-hydrogen) atoms. The van der Waals surface area contributed by atoms with Gasteiger partial charge in [0.05, 0.1) is 6.42 Å². The van der Waals surface area contributed by atoms with Crippen LogP contribution in [0.15, 0.2) is 28.8 Å². The molecule has 1 amide bonds. The standard InChI is InChI=1S/C11H12N4O2/c1-13-11(16)10-14-9(17-15-10)6-7-2-4-8(12)5-3-7/h2-5H,6,12H2,1H3,(H,13,16). The van der Waals surface area contributed by atoms with Crippen molar-refractivity contribution in [2.75, 3.05) is 12.8 Å². The van der Waals surface area contributed by atoms with E-state index in [1.807, 2.05) is 12.1 Å². The van der Waals surface area contributed by atoms with Crippen LogP contribution in [0, 0.1) is 0 Å². The molecular formula is C11H12N4O2. The van der Waals surface area contributed by atoms with Gasteiger partial charge in [0.1, 0.15) is 0 Å². The summed E-state index contributed by atoms with van der Waals surface area (Å²) >= 11 is 0. The van der Waals surface area contributed by atoms with Gasteiger partial charge in [-0.3, -0.25) is 4.79 Å². The van der Waals surface area contributed by atoms with E-state index in [4.69, 9.17) is 10.3 Å². The summed E-state index contributed by atoms with van der Waals surface area (Å²) < 4.78 is 4.97. The summed E-state index contributed by atoms with van der Waals surface area (Å²) in [6, 6.07) is 7.34. The van der Waals surface area contributed by atoms with E-state index in [0.29, 0.717) is 18.0 Å². The van der Waals surface area contributed by atoms with E-state index in [1.54, 1.807) is 12.1 Å². The molecule has 0 saturated heterocycles. The van der Waals surface area contributed by atoms with Gasteiger partial charge < -0.3 is 15.6 Å². The molecule has 3 N–H and O–H groups in total. The molecule has 6 nitrogen and oxygen atoms in total. The van der Waals surface area contributed by atoms with Gasteiger partial charge in [0, 0.05) is 12.7 Å². The number of hydrogen-bond donors (Lipinski definition) is 2. The van der Waals surface area contributed by atoms with Crippen LogP contribution in [0.1, 0.15) is 22.1 Å². The number of anilines is 1. The number of hydrogen-bond acceptors (Lipinski definition) is 5. The van der Waals surface area contributed by atoms with Crippen molar-refractivity contribution in [3.63, 3.8) is 0 Å². The molecule has 0 unspecified atom stereocenters. The first-order valence-electron chi connectivity index (χ1n) is 5.08. The molecule has 0 saturated carbocycles. The summed E-state index contributed by atoms with van der Waals surface area (Å²) in [5, 5.41) is 6.00. The Labute approximate surface area is 97.8 Å². The van der Waals surface area contributed by atoms with Crippen molar-refractivity contribution >= 4 is 11.6 Å². The lowest BCUT2D eigenvalue weighted by molar-refractivity contribution is 0.0950. The molecule has 1 aromatic carbocycles. The van der Waals surface area contributed by atoms with Gasteiger partial charge in [0.2, 0.25) is 5.89 Å². The van der Waals surface area contributed by atoms with Gasteiger partial charge in [0.25, 0.3) is 11.7 Å². The molecule has 0 fully saturated rings. The van der Waals surface area contributed by atoms with Crippen LogP contribution < -0.4 is 11.1 Å². The van der Waals surface area contributed by atoms with Crippen LogP contribution in [-0.2, 0) is 6.42 Å². The molecule has 0 bridgehead atoms. The molecule has 0 atom stereocenters. The third kappa shape index (κ3) is 2.60. The third-order valence-corrected chi connectivity index (χ3v) is 2.23. The summed E-state index contributed by atoms with van der Waals surface area (Å²) in [5.74, 6) is 0.0728. The Hall–Kier alpha value is -2.37. The lowest BCUT2D eigenvalue weighted by Crippen LogP contribution is -2.19. The number of benzene rings is 1. The van der Waals surface area contributed by atoms with Crippen molar-refractivity contribution < 1.29 is 9.32 Å². The van der Waals surface area contributed by atoms with Crippen LogP contribution in [0.2, 0.25) is 0 Å². The zero-order chi connectivity index (χ0) is 12.3. The molecule has 2 rings (SSSR count). The SMILES string of the molecule is CNC(=O)c1noc(Cc2ccc(N)cc2)n1. The maximum Gasteiger partial charge on any atom is 0.292 e. The topological polar surface area (TPSA) is 94.0 Å². The van der Waals surface area contributed by atoms with Crippen molar-refractivity contribution in [3.8, 4) is 0 Å². The van der Waals surface area contributed by atoms with E-state index in [1.165, 1.54) is 7.05 Å². The number of carbonyl (C=O) groups is 1. The van der Waals surface area contributed by atoms with Crippen molar-refractivity contribution in [1.29, 1.82) is 0 Å². The number of nitrogens with one attached hydrogen (secondary N) is 1. The van der Waals surface area contributed by atoms with Crippen molar-refractivity contribution in [3.05, 3.63) is 41.5 Å². The minimum absolute atomic E-state index is 0.0398. The Morgan fingerprint density at radius 2 is 2.12 bits per heavy atom. The lowest BCUT2D eigenvalue weighted by atomic mass is 10.1. The van der Waals surface area contributed by atoms with Crippen LogP contribution in [0.5, 0.6) is 0 Å². The molecule has 6 heteroatoms. The predicted octanol–water partition coefficient (Wildman–Crippen LogP) is 0.602. The van der Waals surface area contributed by atoms with Crippen molar-refractivity contribution in [1.82, 2.24) is 15.5 Å². The van der Waals surface area contributed by atoms with Gasteiger partial charge in [-0.05, 0) is 17.7 Å². The maximum atomic E-state index is 11.2. The summed E-state index contributed by atoms with van der Waals surface area (Å²) in [6.45, 7) is 0. The van der Waals surface area contributed by atoms with E-state index < -0.39 is 0 Å². The lowest BCUT2D eigenvalue weighted by Gasteiger charge is -1.96. The first-order chi connectivity index (χ1) is 8.19. The van der Waals surface area contributed by atoms with E-state index in [-0.39, 0.29) is 11.7 Å². The highest BCUT2D eigenvalue weighted by Gasteiger charge is 2.12. The molecule has 0 aliphatic carbocycles. The molecule has 0 spiro atoms. The summed E-state index contributed by atoms with van der Waals surface area (Å²) in [4.78, 5) is 15.2. The fraction of sp³-hybridized carbons (Fsp3) is 0.182. The van der Waals surface area contributed by atoms with Crippen LogP contribution in [0.3, 0.4) is 0 Å². The second kappa shape index (κ2) is 4.65. The first-order valence-corrected chi connectivity index (χ1v) is 5.08.